The second kappa shape index (κ2) is 14.9. The summed E-state index contributed by atoms with van der Waals surface area (Å²) in [4.78, 5) is 80.9. The van der Waals surface area contributed by atoms with Crippen LogP contribution in [0.1, 0.15) is 122 Å². The number of likely N-dealkylation sites (tertiary alicyclic amines) is 2. The van der Waals surface area contributed by atoms with Crippen molar-refractivity contribution in [1.29, 1.82) is 0 Å². The van der Waals surface area contributed by atoms with E-state index in [0.29, 0.717) is 32.2 Å². The van der Waals surface area contributed by atoms with Crippen LogP contribution in [0, 0.1) is 23.2 Å². The Kier molecular flexibility index (Phi) is 10.9. The topological polar surface area (TPSA) is 174 Å². The van der Waals surface area contributed by atoms with Crippen LogP contribution in [0.3, 0.4) is 0 Å². The fourth-order valence-corrected chi connectivity index (χ4v) is 9.12. The number of carbonyl (C=O) groups is 5. The van der Waals surface area contributed by atoms with Crippen LogP contribution >= 0.6 is 0 Å². The number of nitrogens with zero attached hydrogens (tertiary/aromatic N) is 4. The molecule has 13 heteroatoms. The van der Waals surface area contributed by atoms with E-state index < -0.39 is 64.9 Å². The summed E-state index contributed by atoms with van der Waals surface area (Å²) in [7, 11) is 0. The number of aliphatic hydroxyl groups excluding tert-OH is 1. The van der Waals surface area contributed by atoms with Gasteiger partial charge in [-0.3, -0.25) is 33.9 Å². The van der Waals surface area contributed by atoms with Gasteiger partial charge in [0.15, 0.2) is 0 Å². The minimum atomic E-state index is -1.14. The second-order valence-corrected chi connectivity index (χ2v) is 17.2. The maximum Gasteiger partial charge on any atom is 0.289 e. The average molecular weight is 708 g/mol. The van der Waals surface area contributed by atoms with E-state index in [2.05, 4.69) is 25.9 Å². The molecule has 5 fully saturated rings. The summed E-state index contributed by atoms with van der Waals surface area (Å²) in [6.07, 6.45) is 13.1. The maximum absolute atomic E-state index is 15.1. The lowest BCUT2D eigenvalue weighted by Gasteiger charge is -2.67. The van der Waals surface area contributed by atoms with Crippen molar-refractivity contribution in [1.82, 2.24) is 35.7 Å². The average Bonchev–Trinajstić information content (AvgIpc) is 3.78. The molecule has 13 nitrogen and oxygen atoms in total. The summed E-state index contributed by atoms with van der Waals surface area (Å²) in [5, 5.41) is 20.7. The number of aromatic nitrogens is 2. The van der Waals surface area contributed by atoms with E-state index in [0.717, 1.165) is 51.4 Å². The predicted octanol–water partition coefficient (Wildman–Crippen LogP) is 2.72. The number of aliphatic hydroxyl groups is 1. The molecule has 51 heavy (non-hydrogen) atoms. The molecule has 2 aliphatic heterocycles. The maximum atomic E-state index is 15.1. The van der Waals surface area contributed by atoms with Crippen molar-refractivity contribution in [2.45, 2.75) is 154 Å². The Bertz CT molecular complexity index is 1470. The third-order valence-corrected chi connectivity index (χ3v) is 12.2. The van der Waals surface area contributed by atoms with Gasteiger partial charge in [0.2, 0.25) is 17.6 Å². The molecular formula is C38H57N7O6. The lowest BCUT2D eigenvalue weighted by atomic mass is 9.64. The first-order valence-corrected chi connectivity index (χ1v) is 19.2. The van der Waals surface area contributed by atoms with Gasteiger partial charge in [-0.15, -0.1) is 0 Å². The predicted molar refractivity (Wildman–Crippen MR) is 189 cm³/mol. The minimum absolute atomic E-state index is 0.0216. The molecule has 3 aliphatic carbocycles. The number of carbonyl (C=O) groups excluding carboxylic acids is 5. The van der Waals surface area contributed by atoms with Gasteiger partial charge in [0.1, 0.15) is 18.0 Å². The first kappa shape index (κ1) is 37.3. The van der Waals surface area contributed by atoms with E-state index in [-0.39, 0.29) is 35.4 Å². The first-order valence-electron chi connectivity index (χ1n) is 19.2. The summed E-state index contributed by atoms with van der Waals surface area (Å²) in [6, 6.07) is -3.18. The minimum Gasteiger partial charge on any atom is -0.376 e. The van der Waals surface area contributed by atoms with Gasteiger partial charge in [-0.25, -0.2) is 4.98 Å². The monoisotopic (exact) mass is 707 g/mol. The molecular weight excluding hydrogens is 650 g/mol. The highest BCUT2D eigenvalue weighted by Gasteiger charge is 2.66. The number of amides is 4. The quantitative estimate of drug-likeness (QED) is 0.238. The van der Waals surface area contributed by atoms with Gasteiger partial charge in [-0.05, 0) is 61.7 Å². The van der Waals surface area contributed by atoms with Crippen LogP contribution in [-0.4, -0.2) is 103 Å². The number of nitrogens with one attached hydrogen (secondary N) is 3. The molecule has 4 amide bonds. The van der Waals surface area contributed by atoms with Crippen molar-refractivity contribution >= 4 is 29.4 Å². The molecule has 5 aliphatic rings. The standard InChI is InChI=1S/C38H57N7O6/c1-22(2)25-14-19-44(28(25)33(48)42-26(20-23-10-9-11-23)29(46)34(49)41-24-12-13-24)36(51)31(37(3,4)5)45-35(50)30(38(45)15-7-6-8-16-38)43-32(47)27-21-39-17-18-40-27/h17-18,21-26,28,30-31,35,50H,6-16,19-20H2,1-5H3,(H,41,49)(H,42,48)(H,43,47)/t25-,26?,28+,30-,31-,35?/m1/s1. The molecule has 0 radical (unpaired) electrons. The summed E-state index contributed by atoms with van der Waals surface area (Å²) in [5.74, 6) is -2.17. The molecule has 2 saturated heterocycles. The number of ketones is 1. The molecule has 6 atom stereocenters. The highest BCUT2D eigenvalue weighted by Crippen LogP contribution is 2.51. The lowest BCUT2D eigenvalue weighted by molar-refractivity contribution is -0.246. The zero-order valence-corrected chi connectivity index (χ0v) is 30.9. The number of hydrogen-bond acceptors (Lipinski definition) is 9. The van der Waals surface area contributed by atoms with Crippen LogP contribution in [0.15, 0.2) is 18.6 Å². The van der Waals surface area contributed by atoms with E-state index in [9.17, 15) is 24.3 Å². The fraction of sp³-hybridized carbons (Fsp3) is 0.763. The van der Waals surface area contributed by atoms with E-state index >= 15 is 4.79 Å². The van der Waals surface area contributed by atoms with E-state index in [1.807, 2.05) is 39.5 Å². The second-order valence-electron chi connectivity index (χ2n) is 17.2. The van der Waals surface area contributed by atoms with Gasteiger partial charge in [-0.2, -0.15) is 0 Å². The van der Waals surface area contributed by atoms with Gasteiger partial charge in [0.25, 0.3) is 11.8 Å². The number of hydrogen-bond donors (Lipinski definition) is 4. The highest BCUT2D eigenvalue weighted by molar-refractivity contribution is 6.38. The van der Waals surface area contributed by atoms with Gasteiger partial charge >= 0.3 is 0 Å². The molecule has 1 spiro atoms. The molecule has 280 valence electrons. The molecule has 4 N–H and O–H groups in total. The molecule has 1 aromatic rings. The Hall–Kier alpha value is -3.45. The largest absolute Gasteiger partial charge is 0.376 e. The molecule has 3 saturated carbocycles. The normalized spacial score (nSPS) is 27.6. The molecule has 0 bridgehead atoms. The Morgan fingerprint density at radius 3 is 2.24 bits per heavy atom. The summed E-state index contributed by atoms with van der Waals surface area (Å²) in [6.45, 7) is 10.4. The fourth-order valence-electron chi connectivity index (χ4n) is 9.12. The Balaban J connectivity index is 1.26. The highest BCUT2D eigenvalue weighted by atomic mass is 16.3. The van der Waals surface area contributed by atoms with Crippen LogP contribution in [0.5, 0.6) is 0 Å². The molecule has 0 aromatic carbocycles. The number of rotatable bonds is 12. The Morgan fingerprint density at radius 1 is 0.961 bits per heavy atom. The smallest absolute Gasteiger partial charge is 0.289 e. The van der Waals surface area contributed by atoms with Crippen LogP contribution in [0.25, 0.3) is 0 Å². The SMILES string of the molecule is CC(C)[C@H]1CCN(C(=O)[C@@H](N2C(O)[C@@H](NC(=O)c3cnccn3)C23CCCCC3)C(C)(C)C)[C@@H]1C(=O)NC(CC1CCC1)C(=O)C(=O)NC1CC1. The van der Waals surface area contributed by atoms with Crippen molar-refractivity contribution < 1.29 is 29.1 Å². The molecule has 6 rings (SSSR count). The van der Waals surface area contributed by atoms with Crippen LogP contribution in [0.4, 0.5) is 0 Å². The summed E-state index contributed by atoms with van der Waals surface area (Å²) >= 11 is 0. The van der Waals surface area contributed by atoms with Crippen molar-refractivity contribution in [3.05, 3.63) is 24.3 Å². The Morgan fingerprint density at radius 2 is 1.67 bits per heavy atom. The van der Waals surface area contributed by atoms with Crippen LogP contribution < -0.4 is 16.0 Å². The van der Waals surface area contributed by atoms with Gasteiger partial charge in [0, 0.05) is 30.5 Å². The third-order valence-electron chi connectivity index (χ3n) is 12.2. The zero-order valence-electron chi connectivity index (χ0n) is 30.9. The molecule has 3 heterocycles. The van der Waals surface area contributed by atoms with E-state index in [1.165, 1.54) is 18.6 Å². The summed E-state index contributed by atoms with van der Waals surface area (Å²) in [5.41, 5.74) is -1.15. The lowest BCUT2D eigenvalue weighted by Crippen LogP contribution is -2.85. The summed E-state index contributed by atoms with van der Waals surface area (Å²) < 4.78 is 0. The van der Waals surface area contributed by atoms with Crippen molar-refractivity contribution in [3.8, 4) is 0 Å². The third kappa shape index (κ3) is 7.56. The van der Waals surface area contributed by atoms with Crippen LogP contribution in [-0.2, 0) is 19.2 Å². The Labute approximate surface area is 301 Å². The van der Waals surface area contributed by atoms with Gasteiger partial charge in [-0.1, -0.05) is 73.1 Å². The van der Waals surface area contributed by atoms with E-state index in [1.54, 1.807) is 4.90 Å². The van der Waals surface area contributed by atoms with E-state index in [4.69, 9.17) is 0 Å². The van der Waals surface area contributed by atoms with Crippen molar-refractivity contribution in [3.63, 3.8) is 0 Å². The van der Waals surface area contributed by atoms with Crippen molar-refractivity contribution in [2.24, 2.45) is 23.2 Å². The zero-order chi connectivity index (χ0) is 36.7. The van der Waals surface area contributed by atoms with Gasteiger partial charge in [0.05, 0.1) is 24.3 Å². The molecule has 1 aromatic heterocycles. The van der Waals surface area contributed by atoms with Crippen LogP contribution in [0.2, 0.25) is 0 Å². The van der Waals surface area contributed by atoms with Crippen molar-refractivity contribution in [2.75, 3.05) is 6.54 Å². The number of Topliss-reactive ketones (excluding diaryl/α,β-unsaturated/α-hetero) is 1. The van der Waals surface area contributed by atoms with Gasteiger partial charge < -0.3 is 26.0 Å². The molecule has 2 unspecified atom stereocenters. The first-order chi connectivity index (χ1) is 24.2.